The lowest BCUT2D eigenvalue weighted by Gasteiger charge is -2.10. The molecule has 0 radical (unpaired) electrons. The van der Waals surface area contributed by atoms with Crippen LogP contribution in [0.4, 0.5) is 0 Å². The van der Waals surface area contributed by atoms with E-state index in [2.05, 4.69) is 36.1 Å². The molecule has 15 heavy (non-hydrogen) atoms. The third-order valence-electron chi connectivity index (χ3n) is 3.31. The molecular weight excluding hydrogens is 186 g/mol. The molecule has 3 nitrogen and oxygen atoms in total. The molecule has 1 fully saturated rings. The molecule has 1 aliphatic rings. The van der Waals surface area contributed by atoms with Crippen molar-refractivity contribution in [2.45, 2.75) is 33.6 Å². The average molecular weight is 205 g/mol. The van der Waals surface area contributed by atoms with Gasteiger partial charge in [-0.3, -0.25) is 0 Å². The van der Waals surface area contributed by atoms with E-state index in [-0.39, 0.29) is 0 Å². The van der Waals surface area contributed by atoms with E-state index in [1.54, 1.807) is 0 Å². The van der Waals surface area contributed by atoms with Crippen molar-refractivity contribution in [1.29, 1.82) is 0 Å². The summed E-state index contributed by atoms with van der Waals surface area (Å²) in [5, 5.41) is 3.38. The van der Waals surface area contributed by atoms with Crippen LogP contribution in [0.1, 0.15) is 29.2 Å². The van der Waals surface area contributed by atoms with E-state index in [0.29, 0.717) is 0 Å². The second kappa shape index (κ2) is 4.27. The summed E-state index contributed by atoms with van der Waals surface area (Å²) in [6, 6.07) is 0. The highest BCUT2D eigenvalue weighted by Crippen LogP contribution is 2.15. The molecule has 0 spiro atoms. The first-order valence-corrected chi connectivity index (χ1v) is 5.68. The number of hydrogen-bond donors (Lipinski definition) is 1. The average Bonchev–Trinajstić information content (AvgIpc) is 2.66. The SMILES string of the molecule is Cc1nc(CC2CCNC2)nc(C)c1C. The van der Waals surface area contributed by atoms with Gasteiger partial charge >= 0.3 is 0 Å². The smallest absolute Gasteiger partial charge is 0.129 e. The van der Waals surface area contributed by atoms with Crippen molar-refractivity contribution in [3.8, 4) is 0 Å². The van der Waals surface area contributed by atoms with Crippen LogP contribution in [0, 0.1) is 26.7 Å². The zero-order valence-corrected chi connectivity index (χ0v) is 9.80. The Morgan fingerprint density at radius 3 is 2.40 bits per heavy atom. The van der Waals surface area contributed by atoms with Gasteiger partial charge in [0.15, 0.2) is 0 Å². The Hall–Kier alpha value is -0.960. The van der Waals surface area contributed by atoms with E-state index < -0.39 is 0 Å². The molecule has 0 bridgehead atoms. The molecule has 1 saturated heterocycles. The predicted molar refractivity (Wildman–Crippen MR) is 60.9 cm³/mol. The molecule has 0 amide bonds. The van der Waals surface area contributed by atoms with Gasteiger partial charge in [0.1, 0.15) is 5.82 Å². The highest BCUT2D eigenvalue weighted by Gasteiger charge is 2.16. The van der Waals surface area contributed by atoms with Crippen LogP contribution in [0.15, 0.2) is 0 Å². The molecule has 0 aliphatic carbocycles. The van der Waals surface area contributed by atoms with Crippen LogP contribution in [-0.2, 0) is 6.42 Å². The molecule has 1 unspecified atom stereocenters. The Balaban J connectivity index is 2.14. The monoisotopic (exact) mass is 205 g/mol. The molecule has 1 aliphatic heterocycles. The fraction of sp³-hybridized carbons (Fsp3) is 0.667. The Bertz CT molecular complexity index is 331. The molecular formula is C12H19N3. The Labute approximate surface area is 91.3 Å². The van der Waals surface area contributed by atoms with Gasteiger partial charge < -0.3 is 5.32 Å². The maximum absolute atomic E-state index is 4.56. The Morgan fingerprint density at radius 1 is 1.20 bits per heavy atom. The van der Waals surface area contributed by atoms with E-state index >= 15 is 0 Å². The second-order valence-corrected chi connectivity index (χ2v) is 4.50. The lowest BCUT2D eigenvalue weighted by molar-refractivity contribution is 0.558. The summed E-state index contributed by atoms with van der Waals surface area (Å²) < 4.78 is 0. The molecule has 1 atom stereocenters. The second-order valence-electron chi connectivity index (χ2n) is 4.50. The molecule has 1 aromatic rings. The number of aromatic nitrogens is 2. The normalized spacial score (nSPS) is 20.9. The number of aryl methyl sites for hydroxylation is 2. The van der Waals surface area contributed by atoms with Gasteiger partial charge in [0, 0.05) is 17.8 Å². The minimum absolute atomic E-state index is 0.728. The van der Waals surface area contributed by atoms with Crippen molar-refractivity contribution in [2.24, 2.45) is 5.92 Å². The molecule has 1 N–H and O–H groups in total. The van der Waals surface area contributed by atoms with Crippen molar-refractivity contribution >= 4 is 0 Å². The van der Waals surface area contributed by atoms with Crippen molar-refractivity contribution in [2.75, 3.05) is 13.1 Å². The van der Waals surface area contributed by atoms with Crippen LogP contribution >= 0.6 is 0 Å². The first kappa shape index (κ1) is 10.6. The molecule has 1 aromatic heterocycles. The zero-order chi connectivity index (χ0) is 10.8. The van der Waals surface area contributed by atoms with Crippen LogP contribution in [0.25, 0.3) is 0 Å². The lowest BCUT2D eigenvalue weighted by Crippen LogP contribution is -2.13. The van der Waals surface area contributed by atoms with Crippen molar-refractivity contribution in [3.63, 3.8) is 0 Å². The van der Waals surface area contributed by atoms with Crippen LogP contribution in [0.2, 0.25) is 0 Å². The summed E-state index contributed by atoms with van der Waals surface area (Å²) in [4.78, 5) is 9.12. The number of nitrogens with one attached hydrogen (secondary N) is 1. The quantitative estimate of drug-likeness (QED) is 0.796. The van der Waals surface area contributed by atoms with Crippen molar-refractivity contribution in [3.05, 3.63) is 22.8 Å². The fourth-order valence-corrected chi connectivity index (χ4v) is 2.08. The van der Waals surface area contributed by atoms with Gasteiger partial charge in [-0.25, -0.2) is 9.97 Å². The first-order valence-electron chi connectivity index (χ1n) is 5.68. The molecule has 0 aromatic carbocycles. The van der Waals surface area contributed by atoms with E-state index in [4.69, 9.17) is 0 Å². The maximum atomic E-state index is 4.56. The summed E-state index contributed by atoms with van der Waals surface area (Å²) in [5.74, 6) is 1.75. The van der Waals surface area contributed by atoms with E-state index in [1.165, 1.54) is 12.0 Å². The van der Waals surface area contributed by atoms with Crippen molar-refractivity contribution in [1.82, 2.24) is 15.3 Å². The molecule has 0 saturated carbocycles. The molecule has 2 rings (SSSR count). The molecule has 3 heteroatoms. The largest absolute Gasteiger partial charge is 0.316 e. The first-order chi connectivity index (χ1) is 7.16. The van der Waals surface area contributed by atoms with Crippen LogP contribution in [0.3, 0.4) is 0 Å². The summed E-state index contributed by atoms with van der Waals surface area (Å²) >= 11 is 0. The minimum Gasteiger partial charge on any atom is -0.316 e. The standard InChI is InChI=1S/C12H19N3/c1-8-9(2)14-12(15-10(8)3)6-11-4-5-13-7-11/h11,13H,4-7H2,1-3H3. The van der Waals surface area contributed by atoms with Gasteiger partial charge in [-0.15, -0.1) is 0 Å². The Kier molecular flexibility index (Phi) is 3.00. The zero-order valence-electron chi connectivity index (χ0n) is 9.80. The summed E-state index contributed by atoms with van der Waals surface area (Å²) in [5.41, 5.74) is 3.48. The van der Waals surface area contributed by atoms with Gasteiger partial charge in [-0.1, -0.05) is 0 Å². The number of rotatable bonds is 2. The van der Waals surface area contributed by atoms with Crippen LogP contribution < -0.4 is 5.32 Å². The van der Waals surface area contributed by atoms with Crippen LogP contribution in [-0.4, -0.2) is 23.1 Å². The predicted octanol–water partition coefficient (Wildman–Crippen LogP) is 1.55. The molecule has 2 heterocycles. The summed E-state index contributed by atoms with van der Waals surface area (Å²) in [7, 11) is 0. The third kappa shape index (κ3) is 2.34. The fourth-order valence-electron chi connectivity index (χ4n) is 2.08. The highest BCUT2D eigenvalue weighted by molar-refractivity contribution is 5.22. The van der Waals surface area contributed by atoms with Crippen molar-refractivity contribution < 1.29 is 0 Å². The van der Waals surface area contributed by atoms with Gasteiger partial charge in [0.05, 0.1) is 0 Å². The van der Waals surface area contributed by atoms with E-state index in [0.717, 1.165) is 42.6 Å². The number of nitrogens with zero attached hydrogens (tertiary/aromatic N) is 2. The third-order valence-corrected chi connectivity index (χ3v) is 3.31. The summed E-state index contributed by atoms with van der Waals surface area (Å²) in [6.07, 6.45) is 2.28. The Morgan fingerprint density at radius 2 is 1.87 bits per heavy atom. The van der Waals surface area contributed by atoms with Crippen LogP contribution in [0.5, 0.6) is 0 Å². The number of hydrogen-bond acceptors (Lipinski definition) is 3. The van der Waals surface area contributed by atoms with Gasteiger partial charge in [0.2, 0.25) is 0 Å². The summed E-state index contributed by atoms with van der Waals surface area (Å²) in [6.45, 7) is 8.50. The highest BCUT2D eigenvalue weighted by atomic mass is 14.9. The van der Waals surface area contributed by atoms with Gasteiger partial charge in [-0.2, -0.15) is 0 Å². The topological polar surface area (TPSA) is 37.8 Å². The molecule has 82 valence electrons. The van der Waals surface area contributed by atoms with E-state index in [9.17, 15) is 0 Å². The van der Waals surface area contributed by atoms with E-state index in [1.807, 2.05) is 0 Å². The maximum Gasteiger partial charge on any atom is 0.129 e. The van der Waals surface area contributed by atoms with Gasteiger partial charge in [0.25, 0.3) is 0 Å². The minimum atomic E-state index is 0.728. The van der Waals surface area contributed by atoms with Gasteiger partial charge in [-0.05, 0) is 51.8 Å². The lowest BCUT2D eigenvalue weighted by atomic mass is 10.0.